The number of likely N-dealkylation sites (tertiary alicyclic amines) is 1. The molecule has 2 aliphatic heterocycles. The number of rotatable bonds is 5. The number of hydrogen-bond donors (Lipinski definition) is 4. The number of fused-ring (bicyclic) bond motifs is 1. The summed E-state index contributed by atoms with van der Waals surface area (Å²) in [5.74, 6) is -0.217. The molecule has 0 aliphatic carbocycles. The quantitative estimate of drug-likeness (QED) is 0.614. The molecule has 1 aromatic heterocycles. The first kappa shape index (κ1) is 14.6. The van der Waals surface area contributed by atoms with Gasteiger partial charge in [-0.1, -0.05) is 0 Å². The molecule has 8 heteroatoms. The fraction of sp³-hybridized carbons (Fsp3) is 0.500. The van der Waals surface area contributed by atoms with Gasteiger partial charge in [0.2, 0.25) is 5.95 Å². The first-order valence-electron chi connectivity index (χ1n) is 7.42. The highest BCUT2D eigenvalue weighted by Crippen LogP contribution is 2.19. The summed E-state index contributed by atoms with van der Waals surface area (Å²) >= 11 is 0. The SMILES string of the molecule is O=C(O)C1=Cc2c(nc(NCCN3CCCC3)[nH]c2=O)NC1. The number of carboxylic acids is 1. The van der Waals surface area contributed by atoms with Crippen molar-refractivity contribution in [2.45, 2.75) is 12.8 Å². The summed E-state index contributed by atoms with van der Waals surface area (Å²) in [5, 5.41) is 15.0. The van der Waals surface area contributed by atoms with Gasteiger partial charge < -0.3 is 20.6 Å². The average Bonchev–Trinajstić information content (AvgIpc) is 3.00. The fourth-order valence-electron chi connectivity index (χ4n) is 2.71. The number of aromatic nitrogens is 2. The van der Waals surface area contributed by atoms with Gasteiger partial charge in [0.05, 0.1) is 11.1 Å². The fourth-order valence-corrected chi connectivity index (χ4v) is 2.71. The van der Waals surface area contributed by atoms with Crippen molar-refractivity contribution in [2.75, 3.05) is 43.4 Å². The van der Waals surface area contributed by atoms with Gasteiger partial charge >= 0.3 is 5.97 Å². The summed E-state index contributed by atoms with van der Waals surface area (Å²) in [6, 6.07) is 0. The van der Waals surface area contributed by atoms with Crippen molar-refractivity contribution in [1.82, 2.24) is 14.9 Å². The predicted octanol–water partition coefficient (Wildman–Crippen LogP) is 0.171. The minimum atomic E-state index is -1.04. The number of hydrogen-bond acceptors (Lipinski definition) is 6. The molecule has 0 saturated carbocycles. The van der Waals surface area contributed by atoms with E-state index in [2.05, 4.69) is 25.5 Å². The molecular weight excluding hydrogens is 286 g/mol. The zero-order valence-corrected chi connectivity index (χ0v) is 12.2. The second-order valence-electron chi connectivity index (χ2n) is 5.48. The number of carboxylic acid groups (broad SMARTS) is 1. The highest BCUT2D eigenvalue weighted by atomic mass is 16.4. The zero-order chi connectivity index (χ0) is 15.5. The number of nitrogens with zero attached hydrogens (tertiary/aromatic N) is 2. The number of anilines is 2. The maximum absolute atomic E-state index is 12.0. The minimum absolute atomic E-state index is 0.148. The molecule has 0 atom stereocenters. The second kappa shape index (κ2) is 6.18. The third-order valence-electron chi connectivity index (χ3n) is 3.91. The van der Waals surface area contributed by atoms with Gasteiger partial charge in [-0.15, -0.1) is 0 Å². The molecule has 22 heavy (non-hydrogen) atoms. The third-order valence-corrected chi connectivity index (χ3v) is 3.91. The number of nitrogens with one attached hydrogen (secondary N) is 3. The Bertz CT molecular complexity index is 661. The van der Waals surface area contributed by atoms with Crippen LogP contribution in [-0.4, -0.2) is 58.7 Å². The van der Waals surface area contributed by atoms with Crippen LogP contribution in [0.3, 0.4) is 0 Å². The predicted molar refractivity (Wildman–Crippen MR) is 83.1 cm³/mol. The van der Waals surface area contributed by atoms with Crippen LogP contribution in [0, 0.1) is 0 Å². The van der Waals surface area contributed by atoms with Crippen molar-refractivity contribution in [3.63, 3.8) is 0 Å². The van der Waals surface area contributed by atoms with E-state index in [0.29, 0.717) is 18.3 Å². The third kappa shape index (κ3) is 3.11. The second-order valence-corrected chi connectivity index (χ2v) is 5.48. The van der Waals surface area contributed by atoms with E-state index in [1.807, 2.05) is 0 Å². The van der Waals surface area contributed by atoms with Crippen molar-refractivity contribution in [3.05, 3.63) is 21.5 Å². The van der Waals surface area contributed by atoms with Gasteiger partial charge in [-0.05, 0) is 32.0 Å². The van der Waals surface area contributed by atoms with Crippen LogP contribution < -0.4 is 16.2 Å². The molecule has 0 aromatic carbocycles. The molecule has 118 valence electrons. The highest BCUT2D eigenvalue weighted by Gasteiger charge is 2.19. The van der Waals surface area contributed by atoms with Crippen LogP contribution >= 0.6 is 0 Å². The van der Waals surface area contributed by atoms with Gasteiger partial charge in [0.15, 0.2) is 0 Å². The molecule has 0 radical (unpaired) electrons. The summed E-state index contributed by atoms with van der Waals surface area (Å²) in [6.45, 7) is 4.03. The Labute approximate surface area is 127 Å². The van der Waals surface area contributed by atoms with Crippen LogP contribution in [0.2, 0.25) is 0 Å². The van der Waals surface area contributed by atoms with Gasteiger partial charge in [-0.3, -0.25) is 9.78 Å². The van der Waals surface area contributed by atoms with Crippen LogP contribution in [0.1, 0.15) is 18.4 Å². The van der Waals surface area contributed by atoms with Crippen molar-refractivity contribution >= 4 is 23.8 Å². The van der Waals surface area contributed by atoms with Gasteiger partial charge in [0, 0.05) is 19.6 Å². The number of carbonyl (C=O) groups is 1. The Balaban J connectivity index is 1.69. The monoisotopic (exact) mass is 305 g/mol. The summed E-state index contributed by atoms with van der Waals surface area (Å²) in [4.78, 5) is 32.3. The van der Waals surface area contributed by atoms with Crippen LogP contribution in [-0.2, 0) is 4.79 Å². The summed E-state index contributed by atoms with van der Waals surface area (Å²) in [5.41, 5.74) is 0.0582. The lowest BCUT2D eigenvalue weighted by Crippen LogP contribution is -2.28. The first-order valence-corrected chi connectivity index (χ1v) is 7.42. The van der Waals surface area contributed by atoms with E-state index in [1.54, 1.807) is 0 Å². The summed E-state index contributed by atoms with van der Waals surface area (Å²) < 4.78 is 0. The van der Waals surface area contributed by atoms with Crippen LogP contribution in [0.15, 0.2) is 10.4 Å². The van der Waals surface area contributed by atoms with Crippen molar-refractivity contribution < 1.29 is 9.90 Å². The van der Waals surface area contributed by atoms with E-state index in [-0.39, 0.29) is 23.2 Å². The van der Waals surface area contributed by atoms with Crippen LogP contribution in [0.25, 0.3) is 6.08 Å². The first-order chi connectivity index (χ1) is 10.6. The maximum Gasteiger partial charge on any atom is 0.333 e. The van der Waals surface area contributed by atoms with Gasteiger partial charge in [0.25, 0.3) is 5.56 Å². The van der Waals surface area contributed by atoms with Crippen molar-refractivity contribution in [2.24, 2.45) is 0 Å². The number of aliphatic carboxylic acids is 1. The highest BCUT2D eigenvalue weighted by molar-refractivity contribution is 5.95. The van der Waals surface area contributed by atoms with Gasteiger partial charge in [0.1, 0.15) is 5.82 Å². The van der Waals surface area contributed by atoms with E-state index >= 15 is 0 Å². The molecule has 0 bridgehead atoms. The summed E-state index contributed by atoms with van der Waals surface area (Å²) in [6.07, 6.45) is 3.86. The summed E-state index contributed by atoms with van der Waals surface area (Å²) in [7, 11) is 0. The van der Waals surface area contributed by atoms with Crippen LogP contribution in [0.4, 0.5) is 11.8 Å². The average molecular weight is 305 g/mol. The topological polar surface area (TPSA) is 110 Å². The zero-order valence-electron chi connectivity index (χ0n) is 12.2. The Hall–Kier alpha value is -2.35. The maximum atomic E-state index is 12.0. The Morgan fingerprint density at radius 1 is 1.41 bits per heavy atom. The van der Waals surface area contributed by atoms with E-state index in [4.69, 9.17) is 5.11 Å². The smallest absolute Gasteiger partial charge is 0.333 e. The lowest BCUT2D eigenvalue weighted by Gasteiger charge is -2.17. The lowest BCUT2D eigenvalue weighted by atomic mass is 10.1. The van der Waals surface area contributed by atoms with E-state index in [0.717, 1.165) is 19.6 Å². The van der Waals surface area contributed by atoms with E-state index < -0.39 is 5.97 Å². The van der Waals surface area contributed by atoms with Gasteiger partial charge in [-0.25, -0.2) is 4.79 Å². The minimum Gasteiger partial charge on any atom is -0.478 e. The largest absolute Gasteiger partial charge is 0.478 e. The number of H-pyrrole nitrogens is 1. The van der Waals surface area contributed by atoms with E-state index in [1.165, 1.54) is 18.9 Å². The molecule has 3 rings (SSSR count). The molecule has 0 unspecified atom stereocenters. The molecule has 0 spiro atoms. The molecule has 4 N–H and O–H groups in total. The molecule has 1 aromatic rings. The number of aromatic amines is 1. The Kier molecular flexibility index (Phi) is 4.10. The van der Waals surface area contributed by atoms with Gasteiger partial charge in [-0.2, -0.15) is 4.98 Å². The molecule has 3 heterocycles. The Morgan fingerprint density at radius 3 is 2.91 bits per heavy atom. The lowest BCUT2D eigenvalue weighted by molar-refractivity contribution is -0.132. The van der Waals surface area contributed by atoms with Crippen LogP contribution in [0.5, 0.6) is 0 Å². The molecule has 1 fully saturated rings. The molecule has 0 amide bonds. The normalized spacial score (nSPS) is 17.5. The van der Waals surface area contributed by atoms with Crippen molar-refractivity contribution in [3.8, 4) is 0 Å². The standard InChI is InChI=1S/C14H19N5O3/c20-12-10-7-9(13(21)22)8-16-11(10)17-14(18-12)15-3-6-19-4-1-2-5-19/h7H,1-6,8H2,(H,21,22)(H3,15,16,17,18,20). The van der Waals surface area contributed by atoms with Crippen molar-refractivity contribution in [1.29, 1.82) is 0 Å². The molecule has 1 saturated heterocycles. The molecule has 2 aliphatic rings. The molecule has 8 nitrogen and oxygen atoms in total. The molecular formula is C14H19N5O3. The Morgan fingerprint density at radius 2 is 2.18 bits per heavy atom. The van der Waals surface area contributed by atoms with E-state index in [9.17, 15) is 9.59 Å².